The van der Waals surface area contributed by atoms with E-state index in [2.05, 4.69) is 47.4 Å². The molecule has 1 aromatic heterocycles. The second-order valence-electron chi connectivity index (χ2n) is 13.4. The van der Waals surface area contributed by atoms with Gasteiger partial charge in [-0.15, -0.1) is 0 Å². The van der Waals surface area contributed by atoms with Gasteiger partial charge in [0.25, 0.3) is 0 Å². The van der Waals surface area contributed by atoms with Gasteiger partial charge in [-0.3, -0.25) is 14.0 Å². The molecular weight excluding hydrogens is 664 g/mol. The quantitative estimate of drug-likeness (QED) is 0.226. The number of para-hydroxylation sites is 2. The number of nitrogens with zero attached hydrogens (tertiary/aromatic N) is 6. The van der Waals surface area contributed by atoms with Crippen LogP contribution >= 0.6 is 11.6 Å². The maximum Gasteiger partial charge on any atom is 0.307 e. The maximum absolute atomic E-state index is 12.1. The first-order valence-electron chi connectivity index (χ1n) is 16.7. The lowest BCUT2D eigenvalue weighted by atomic mass is 10.0. The van der Waals surface area contributed by atoms with Crippen molar-refractivity contribution < 1.29 is 18.5 Å². The van der Waals surface area contributed by atoms with Gasteiger partial charge in [-0.1, -0.05) is 23.7 Å². The number of rotatable bonds is 12. The number of hydrogen-bond acceptors (Lipinski definition) is 11. The fourth-order valence-corrected chi connectivity index (χ4v) is 6.79. The van der Waals surface area contributed by atoms with Crippen LogP contribution in [0.4, 0.5) is 34.5 Å². The summed E-state index contributed by atoms with van der Waals surface area (Å²) < 4.78 is 25.1. The van der Waals surface area contributed by atoms with Crippen molar-refractivity contribution in [2.75, 3.05) is 86.1 Å². The lowest BCUT2D eigenvalue weighted by Crippen LogP contribution is -2.53. The molecule has 5 rings (SSSR count). The lowest BCUT2D eigenvalue weighted by molar-refractivity contribution is -0.155. The fourth-order valence-electron chi connectivity index (χ4n) is 6.22. The molecule has 1 atom stereocenters. The molecule has 0 spiro atoms. The molecule has 3 aromatic rings. The van der Waals surface area contributed by atoms with Crippen molar-refractivity contribution in [3.8, 4) is 5.75 Å². The summed E-state index contributed by atoms with van der Waals surface area (Å²) in [4.78, 5) is 28.6. The number of aromatic nitrogens is 2. The van der Waals surface area contributed by atoms with E-state index in [1.807, 2.05) is 51.1 Å². The largest absolute Gasteiger partial charge is 0.494 e. The molecule has 2 aromatic carbocycles. The van der Waals surface area contributed by atoms with E-state index >= 15 is 0 Å². The van der Waals surface area contributed by atoms with E-state index in [9.17, 15) is 9.00 Å². The highest BCUT2D eigenvalue weighted by Crippen LogP contribution is 2.35. The van der Waals surface area contributed by atoms with Crippen LogP contribution in [-0.4, -0.2) is 108 Å². The Morgan fingerprint density at radius 3 is 2.43 bits per heavy atom. The molecule has 0 bridgehead atoms. The first-order chi connectivity index (χ1) is 23.4. The van der Waals surface area contributed by atoms with Gasteiger partial charge in [0.2, 0.25) is 5.95 Å². The highest BCUT2D eigenvalue weighted by molar-refractivity contribution is 7.85. The van der Waals surface area contributed by atoms with Crippen molar-refractivity contribution in [3.63, 3.8) is 0 Å². The fraction of sp³-hybridized carbons (Fsp3) is 0.514. The average Bonchev–Trinajstić information content (AvgIpc) is 3.08. The molecule has 12 nitrogen and oxygen atoms in total. The summed E-state index contributed by atoms with van der Waals surface area (Å²) in [5, 5.41) is 6.90. The van der Waals surface area contributed by atoms with E-state index in [4.69, 9.17) is 21.1 Å². The number of piperidine rings is 1. The molecule has 0 radical (unpaired) electrons. The Hall–Kier alpha value is -3.65. The van der Waals surface area contributed by atoms with E-state index in [-0.39, 0.29) is 5.97 Å². The van der Waals surface area contributed by atoms with Crippen molar-refractivity contribution in [2.45, 2.75) is 51.7 Å². The third-order valence-electron chi connectivity index (χ3n) is 8.86. The Morgan fingerprint density at radius 1 is 1.04 bits per heavy atom. The monoisotopic (exact) mass is 712 g/mol. The normalized spacial score (nSPS) is 17.0. The van der Waals surface area contributed by atoms with Gasteiger partial charge in [0, 0.05) is 76.9 Å². The number of anilines is 6. The van der Waals surface area contributed by atoms with E-state index in [1.165, 1.54) is 0 Å². The highest BCUT2D eigenvalue weighted by atomic mass is 35.5. The summed E-state index contributed by atoms with van der Waals surface area (Å²) >= 11 is 6.48. The van der Waals surface area contributed by atoms with Crippen LogP contribution in [0.15, 0.2) is 48.7 Å². The predicted molar refractivity (Wildman–Crippen MR) is 199 cm³/mol. The molecule has 2 fully saturated rings. The first-order valence-corrected chi connectivity index (χ1v) is 18.6. The Labute approximate surface area is 297 Å². The highest BCUT2D eigenvalue weighted by Gasteiger charge is 2.28. The predicted octanol–water partition coefficient (Wildman–Crippen LogP) is 5.67. The average molecular weight is 713 g/mol. The molecular formula is C35H49ClN8O4S. The van der Waals surface area contributed by atoms with Crippen LogP contribution in [0.2, 0.25) is 5.02 Å². The number of ether oxygens (including phenoxy) is 2. The van der Waals surface area contributed by atoms with Gasteiger partial charge in [-0.05, 0) is 57.9 Å². The maximum atomic E-state index is 12.1. The second-order valence-corrected chi connectivity index (χ2v) is 15.2. The van der Waals surface area contributed by atoms with Crippen LogP contribution < -0.4 is 24.6 Å². The van der Waals surface area contributed by atoms with Gasteiger partial charge in [-0.25, -0.2) is 9.19 Å². The van der Waals surface area contributed by atoms with Crippen molar-refractivity contribution >= 4 is 63.1 Å². The van der Waals surface area contributed by atoms with Gasteiger partial charge in [0.1, 0.15) is 27.4 Å². The number of piperazine rings is 1. The smallest absolute Gasteiger partial charge is 0.307 e. The van der Waals surface area contributed by atoms with E-state index in [0.29, 0.717) is 35.0 Å². The van der Waals surface area contributed by atoms with Crippen molar-refractivity contribution in [1.82, 2.24) is 19.8 Å². The molecule has 0 saturated carbocycles. The zero-order valence-electron chi connectivity index (χ0n) is 29.4. The topological polar surface area (TPSA) is 115 Å². The number of nitrogens with one attached hydrogen (secondary N) is 2. The van der Waals surface area contributed by atoms with Crippen LogP contribution in [0.3, 0.4) is 0 Å². The SMILES string of the molecule is COc1cc(N2CCC(N3CCN(CCC(=O)OC(C)(C)C)CC3)CC2)ccc1Nc1ncc(Cl)c(Nc2ccccc2N(C)S(C)=O)n1. The van der Waals surface area contributed by atoms with Gasteiger partial charge in [-0.2, -0.15) is 4.98 Å². The summed E-state index contributed by atoms with van der Waals surface area (Å²) in [5.74, 6) is 1.34. The molecule has 0 amide bonds. The number of hydrogen-bond donors (Lipinski definition) is 2. The molecule has 3 heterocycles. The van der Waals surface area contributed by atoms with Crippen LogP contribution in [-0.2, 0) is 20.5 Å². The molecule has 2 aliphatic rings. The standard InChI is InChI=1S/C35H49ClN8O4S/c1-35(2,3)48-32(45)15-16-42-19-21-44(22-20-42)25-13-17-43(18-14-25)26-11-12-29(31(23-26)47-5)39-34-37-24-27(36)33(40-34)38-28-9-7-8-10-30(28)41(4)49(6)46/h7-12,23-25H,13-22H2,1-6H3,(H2,37,38,39,40). The third-order valence-corrected chi connectivity index (χ3v) is 10.1. The van der Waals surface area contributed by atoms with Crippen molar-refractivity contribution in [2.24, 2.45) is 0 Å². The number of esters is 1. The molecule has 49 heavy (non-hydrogen) atoms. The Kier molecular flexibility index (Phi) is 12.2. The summed E-state index contributed by atoms with van der Waals surface area (Å²) in [6.07, 6.45) is 5.80. The van der Waals surface area contributed by atoms with Gasteiger partial charge in [0.15, 0.2) is 5.82 Å². The molecule has 266 valence electrons. The summed E-state index contributed by atoms with van der Waals surface area (Å²) in [5.41, 5.74) is 2.88. The molecule has 1 unspecified atom stereocenters. The molecule has 2 aliphatic heterocycles. The molecule has 2 N–H and O–H groups in total. The Morgan fingerprint density at radius 2 is 1.76 bits per heavy atom. The number of carbonyl (C=O) groups excluding carboxylic acids is 1. The van der Waals surface area contributed by atoms with Crippen LogP contribution in [0, 0.1) is 0 Å². The van der Waals surface area contributed by atoms with Crippen molar-refractivity contribution in [1.29, 1.82) is 0 Å². The zero-order valence-corrected chi connectivity index (χ0v) is 30.9. The van der Waals surface area contributed by atoms with E-state index in [0.717, 1.165) is 81.4 Å². The van der Waals surface area contributed by atoms with Crippen molar-refractivity contribution in [3.05, 3.63) is 53.7 Å². The molecule has 14 heteroatoms. The summed E-state index contributed by atoms with van der Waals surface area (Å²) in [7, 11) is 2.22. The summed E-state index contributed by atoms with van der Waals surface area (Å²) in [6, 6.07) is 14.2. The second kappa shape index (κ2) is 16.4. The minimum Gasteiger partial charge on any atom is -0.494 e. The van der Waals surface area contributed by atoms with Crippen LogP contribution in [0.25, 0.3) is 0 Å². The van der Waals surface area contributed by atoms with Crippen LogP contribution in [0.1, 0.15) is 40.0 Å². The molecule has 2 saturated heterocycles. The first kappa shape index (κ1) is 36.6. The van der Waals surface area contributed by atoms with Crippen LogP contribution in [0.5, 0.6) is 5.75 Å². The van der Waals surface area contributed by atoms with E-state index in [1.54, 1.807) is 30.9 Å². The summed E-state index contributed by atoms with van der Waals surface area (Å²) in [6.45, 7) is 12.4. The van der Waals surface area contributed by atoms with Gasteiger partial charge in [0.05, 0.1) is 36.8 Å². The number of halogens is 1. The minimum absolute atomic E-state index is 0.123. The minimum atomic E-state index is -1.20. The Bertz CT molecular complexity index is 1610. The number of benzene rings is 2. The number of carbonyl (C=O) groups is 1. The zero-order chi connectivity index (χ0) is 35.1. The molecule has 0 aliphatic carbocycles. The lowest BCUT2D eigenvalue weighted by Gasteiger charge is -2.43. The van der Waals surface area contributed by atoms with E-state index < -0.39 is 16.6 Å². The Balaban J connectivity index is 1.15. The van der Waals surface area contributed by atoms with Gasteiger partial charge < -0.3 is 29.9 Å². The van der Waals surface area contributed by atoms with Gasteiger partial charge >= 0.3 is 5.97 Å². The third kappa shape index (κ3) is 9.96. The number of methoxy groups -OCH3 is 1.